The first kappa shape index (κ1) is 20.6. The molecule has 0 amide bonds. The molecule has 0 saturated heterocycles. The fraction of sp³-hybridized carbons (Fsp3) is 0.278. The summed E-state index contributed by atoms with van der Waals surface area (Å²) >= 11 is 6.16. The Morgan fingerprint density at radius 1 is 1.08 bits per heavy atom. The van der Waals surface area contributed by atoms with E-state index in [2.05, 4.69) is 27.8 Å². The van der Waals surface area contributed by atoms with Gasteiger partial charge in [-0.1, -0.05) is 41.9 Å². The van der Waals surface area contributed by atoms with Crippen LogP contribution in [0.15, 0.2) is 47.5 Å². The molecule has 0 spiro atoms. The van der Waals surface area contributed by atoms with Crippen molar-refractivity contribution >= 4 is 41.5 Å². The molecule has 2 rings (SSSR count). The lowest BCUT2D eigenvalue weighted by atomic mass is 10.1. The Morgan fingerprint density at radius 2 is 1.75 bits per heavy atom. The molecule has 4 nitrogen and oxygen atoms in total. The number of methoxy groups -OCH3 is 1. The molecule has 2 N–H and O–H groups in total. The minimum absolute atomic E-state index is 0. The van der Waals surface area contributed by atoms with Gasteiger partial charge in [-0.2, -0.15) is 0 Å². The summed E-state index contributed by atoms with van der Waals surface area (Å²) in [5, 5.41) is 7.29. The zero-order valence-corrected chi connectivity index (χ0v) is 17.2. The molecule has 2 aromatic carbocycles. The van der Waals surface area contributed by atoms with E-state index in [4.69, 9.17) is 16.3 Å². The van der Waals surface area contributed by atoms with E-state index in [9.17, 15) is 0 Å². The molecule has 0 heterocycles. The van der Waals surface area contributed by atoms with E-state index in [0.29, 0.717) is 19.0 Å². The minimum atomic E-state index is 0. The van der Waals surface area contributed by atoms with Gasteiger partial charge in [0.1, 0.15) is 5.75 Å². The number of benzene rings is 2. The Morgan fingerprint density at radius 3 is 2.38 bits per heavy atom. The molecule has 0 aromatic heterocycles. The Labute approximate surface area is 165 Å². The lowest BCUT2D eigenvalue weighted by molar-refractivity contribution is 0.408. The number of nitrogens with zero attached hydrogens (tertiary/aromatic N) is 1. The maximum absolute atomic E-state index is 6.16. The second-order valence-corrected chi connectivity index (χ2v) is 5.59. The van der Waals surface area contributed by atoms with Crippen LogP contribution in [-0.2, 0) is 13.1 Å². The topological polar surface area (TPSA) is 45.7 Å². The van der Waals surface area contributed by atoms with Crippen LogP contribution in [0.25, 0.3) is 0 Å². The second kappa shape index (κ2) is 10.4. The third-order valence-electron chi connectivity index (χ3n) is 3.52. The van der Waals surface area contributed by atoms with Crippen molar-refractivity contribution in [1.29, 1.82) is 0 Å². The molecule has 0 saturated carbocycles. The summed E-state index contributed by atoms with van der Waals surface area (Å²) in [5.41, 5.74) is 3.29. The second-order valence-electron chi connectivity index (χ2n) is 5.19. The maximum atomic E-state index is 6.16. The van der Waals surface area contributed by atoms with E-state index < -0.39 is 0 Å². The molecule has 0 fully saturated rings. The van der Waals surface area contributed by atoms with Crippen molar-refractivity contribution in [2.45, 2.75) is 20.0 Å². The van der Waals surface area contributed by atoms with Crippen LogP contribution < -0.4 is 15.4 Å². The number of rotatable bonds is 5. The van der Waals surface area contributed by atoms with Gasteiger partial charge in [0.2, 0.25) is 0 Å². The highest BCUT2D eigenvalue weighted by Crippen LogP contribution is 2.19. The number of ether oxygens (including phenoxy) is 1. The zero-order chi connectivity index (χ0) is 16.7. The van der Waals surface area contributed by atoms with Crippen molar-refractivity contribution in [3.05, 3.63) is 64.2 Å². The Bertz CT molecular complexity index is 692. The van der Waals surface area contributed by atoms with Crippen LogP contribution in [0.2, 0.25) is 5.02 Å². The fourth-order valence-corrected chi connectivity index (χ4v) is 2.42. The van der Waals surface area contributed by atoms with Crippen LogP contribution in [0, 0.1) is 6.92 Å². The van der Waals surface area contributed by atoms with Crippen LogP contribution in [-0.4, -0.2) is 20.1 Å². The van der Waals surface area contributed by atoms with E-state index >= 15 is 0 Å². The number of nitrogens with one attached hydrogen (secondary N) is 2. The lowest BCUT2D eigenvalue weighted by Gasteiger charge is -2.14. The van der Waals surface area contributed by atoms with E-state index in [1.54, 1.807) is 14.2 Å². The molecule has 0 unspecified atom stereocenters. The van der Waals surface area contributed by atoms with E-state index in [1.165, 1.54) is 5.56 Å². The average molecular weight is 460 g/mol. The van der Waals surface area contributed by atoms with Gasteiger partial charge in [-0.15, -0.1) is 24.0 Å². The molecular weight excluding hydrogens is 437 g/mol. The molecule has 0 aliphatic carbocycles. The van der Waals surface area contributed by atoms with E-state index in [0.717, 1.165) is 21.9 Å². The molecule has 6 heteroatoms. The van der Waals surface area contributed by atoms with Crippen molar-refractivity contribution in [3.8, 4) is 5.75 Å². The Balaban J connectivity index is 0.00000288. The van der Waals surface area contributed by atoms with Gasteiger partial charge in [0.25, 0.3) is 0 Å². The normalized spacial score (nSPS) is 10.8. The van der Waals surface area contributed by atoms with Crippen molar-refractivity contribution < 1.29 is 4.74 Å². The van der Waals surface area contributed by atoms with Gasteiger partial charge in [-0.25, -0.2) is 0 Å². The number of aryl methyl sites for hydroxylation is 1. The van der Waals surface area contributed by atoms with Gasteiger partial charge in [-0.3, -0.25) is 4.99 Å². The van der Waals surface area contributed by atoms with Crippen molar-refractivity contribution in [2.75, 3.05) is 14.2 Å². The summed E-state index contributed by atoms with van der Waals surface area (Å²) in [7, 11) is 3.43. The Hall–Kier alpha value is -1.47. The van der Waals surface area contributed by atoms with E-state index in [1.807, 2.05) is 37.3 Å². The molecule has 0 aliphatic rings. The number of hydrogen-bond acceptors (Lipinski definition) is 2. The highest BCUT2D eigenvalue weighted by molar-refractivity contribution is 14.0. The molecule has 0 bridgehead atoms. The lowest BCUT2D eigenvalue weighted by Crippen LogP contribution is -2.36. The number of hydrogen-bond donors (Lipinski definition) is 2. The van der Waals surface area contributed by atoms with Gasteiger partial charge in [-0.05, 0) is 30.2 Å². The molecule has 0 radical (unpaired) electrons. The van der Waals surface area contributed by atoms with Gasteiger partial charge >= 0.3 is 0 Å². The van der Waals surface area contributed by atoms with Crippen LogP contribution in [0.3, 0.4) is 0 Å². The van der Waals surface area contributed by atoms with Gasteiger partial charge in [0.05, 0.1) is 7.11 Å². The summed E-state index contributed by atoms with van der Waals surface area (Å²) in [6.45, 7) is 3.29. The van der Waals surface area contributed by atoms with Crippen LogP contribution in [0.1, 0.15) is 16.7 Å². The predicted molar refractivity (Wildman–Crippen MR) is 112 cm³/mol. The average Bonchev–Trinajstić information content (AvgIpc) is 2.57. The highest BCUT2D eigenvalue weighted by atomic mass is 127. The van der Waals surface area contributed by atoms with E-state index in [-0.39, 0.29) is 24.0 Å². The predicted octanol–water partition coefficient (Wildman–Crippen LogP) is 4.14. The SMILES string of the molecule is CN=C(NCc1ccccc1Cl)NCc1ccc(C)cc1OC.I. The molecular formula is C18H23ClIN3O. The van der Waals surface area contributed by atoms with Crippen LogP contribution in [0.5, 0.6) is 5.75 Å². The summed E-state index contributed by atoms with van der Waals surface area (Å²) in [6, 6.07) is 13.9. The maximum Gasteiger partial charge on any atom is 0.191 e. The molecule has 2 aromatic rings. The van der Waals surface area contributed by atoms with Crippen LogP contribution >= 0.6 is 35.6 Å². The summed E-state index contributed by atoms with van der Waals surface area (Å²) in [4.78, 5) is 4.23. The Kier molecular flexibility index (Phi) is 8.92. The molecule has 0 aliphatic heterocycles. The van der Waals surface area contributed by atoms with Gasteiger partial charge in [0.15, 0.2) is 5.96 Å². The zero-order valence-electron chi connectivity index (χ0n) is 14.1. The molecule has 130 valence electrons. The largest absolute Gasteiger partial charge is 0.496 e. The first-order valence-corrected chi connectivity index (χ1v) is 7.83. The summed E-state index contributed by atoms with van der Waals surface area (Å²) < 4.78 is 5.42. The number of aliphatic imine (C=N–C) groups is 1. The highest BCUT2D eigenvalue weighted by Gasteiger charge is 2.05. The number of halogens is 2. The smallest absolute Gasteiger partial charge is 0.191 e. The standard InChI is InChI=1S/C18H22ClN3O.HI/c1-13-8-9-15(17(10-13)23-3)12-22-18(20-2)21-11-14-6-4-5-7-16(14)19;/h4-10H,11-12H2,1-3H3,(H2,20,21,22);1H. The third-order valence-corrected chi connectivity index (χ3v) is 3.89. The minimum Gasteiger partial charge on any atom is -0.496 e. The van der Waals surface area contributed by atoms with Gasteiger partial charge in [0, 0.05) is 30.7 Å². The quantitative estimate of drug-likeness (QED) is 0.401. The monoisotopic (exact) mass is 459 g/mol. The number of guanidine groups is 1. The first-order valence-electron chi connectivity index (χ1n) is 7.45. The summed E-state index contributed by atoms with van der Waals surface area (Å²) in [5.74, 6) is 1.59. The van der Waals surface area contributed by atoms with Crippen molar-refractivity contribution in [3.63, 3.8) is 0 Å². The van der Waals surface area contributed by atoms with Crippen molar-refractivity contribution in [1.82, 2.24) is 10.6 Å². The first-order chi connectivity index (χ1) is 11.1. The van der Waals surface area contributed by atoms with Crippen molar-refractivity contribution in [2.24, 2.45) is 4.99 Å². The fourth-order valence-electron chi connectivity index (χ4n) is 2.22. The van der Waals surface area contributed by atoms with Gasteiger partial charge < -0.3 is 15.4 Å². The molecule has 24 heavy (non-hydrogen) atoms. The third kappa shape index (κ3) is 5.87. The van der Waals surface area contributed by atoms with Crippen LogP contribution in [0.4, 0.5) is 0 Å². The molecule has 0 atom stereocenters. The summed E-state index contributed by atoms with van der Waals surface area (Å²) in [6.07, 6.45) is 0.